The number of piperidine rings is 1. The summed E-state index contributed by atoms with van der Waals surface area (Å²) in [5.74, 6) is 0.595. The van der Waals surface area contributed by atoms with E-state index in [2.05, 4.69) is 27.5 Å². The van der Waals surface area contributed by atoms with Crippen LogP contribution < -0.4 is 5.32 Å². The molecule has 0 unspecified atom stereocenters. The molecular formula is C13H23N5O. The zero-order valence-corrected chi connectivity index (χ0v) is 11.6. The van der Waals surface area contributed by atoms with Gasteiger partial charge >= 0.3 is 0 Å². The molecule has 1 aromatic rings. The predicted molar refractivity (Wildman–Crippen MR) is 72.5 cm³/mol. The maximum atomic E-state index is 11.7. The monoisotopic (exact) mass is 265 g/mol. The number of nitrogens with one attached hydrogen (secondary N) is 1. The van der Waals surface area contributed by atoms with Crippen LogP contribution in [-0.2, 0) is 11.3 Å². The molecule has 1 fully saturated rings. The molecule has 106 valence electrons. The Morgan fingerprint density at radius 1 is 1.53 bits per heavy atom. The lowest BCUT2D eigenvalue weighted by Gasteiger charge is -2.32. The number of carbonyl (C=O) groups is 1. The maximum Gasteiger partial charge on any atom is 0.241 e. The van der Waals surface area contributed by atoms with Crippen molar-refractivity contribution in [2.24, 2.45) is 5.92 Å². The van der Waals surface area contributed by atoms with E-state index in [0.717, 1.165) is 13.1 Å². The number of hydrogen-bond donors (Lipinski definition) is 1. The lowest BCUT2D eigenvalue weighted by Crippen LogP contribution is -2.41. The third kappa shape index (κ3) is 4.63. The Labute approximate surface area is 114 Å². The van der Waals surface area contributed by atoms with Gasteiger partial charge in [-0.05, 0) is 38.3 Å². The van der Waals surface area contributed by atoms with Gasteiger partial charge < -0.3 is 10.2 Å². The fourth-order valence-corrected chi connectivity index (χ4v) is 2.62. The summed E-state index contributed by atoms with van der Waals surface area (Å²) in [6.07, 6.45) is 6.93. The number of nitrogens with zero attached hydrogens (tertiary/aromatic N) is 4. The second-order valence-corrected chi connectivity index (χ2v) is 5.21. The Balaban J connectivity index is 1.68. The molecule has 19 heavy (non-hydrogen) atoms. The van der Waals surface area contributed by atoms with Gasteiger partial charge in [0.25, 0.3) is 0 Å². The topological polar surface area (TPSA) is 63.1 Å². The van der Waals surface area contributed by atoms with Crippen LogP contribution >= 0.6 is 0 Å². The van der Waals surface area contributed by atoms with Crippen molar-refractivity contribution in [2.75, 3.05) is 26.2 Å². The number of likely N-dealkylation sites (tertiary alicyclic amines) is 1. The summed E-state index contributed by atoms with van der Waals surface area (Å²) in [6, 6.07) is 0. The number of rotatable bonds is 6. The SMILES string of the molecule is CCCN1CCC[C@@H](CNC(=O)Cn2ccnn2)C1. The van der Waals surface area contributed by atoms with E-state index in [-0.39, 0.29) is 12.5 Å². The van der Waals surface area contributed by atoms with Crippen molar-refractivity contribution in [3.63, 3.8) is 0 Å². The quantitative estimate of drug-likeness (QED) is 0.814. The Morgan fingerprint density at radius 3 is 3.16 bits per heavy atom. The maximum absolute atomic E-state index is 11.7. The fraction of sp³-hybridized carbons (Fsp3) is 0.769. The Morgan fingerprint density at radius 2 is 2.42 bits per heavy atom. The first kappa shape index (κ1) is 14.0. The zero-order valence-electron chi connectivity index (χ0n) is 11.6. The molecule has 0 aliphatic carbocycles. The van der Waals surface area contributed by atoms with E-state index in [9.17, 15) is 4.79 Å². The molecule has 1 amide bonds. The van der Waals surface area contributed by atoms with Crippen molar-refractivity contribution in [1.29, 1.82) is 0 Å². The van der Waals surface area contributed by atoms with E-state index in [1.54, 1.807) is 17.1 Å². The van der Waals surface area contributed by atoms with Crippen molar-refractivity contribution in [3.05, 3.63) is 12.4 Å². The first-order valence-corrected chi connectivity index (χ1v) is 7.11. The summed E-state index contributed by atoms with van der Waals surface area (Å²) in [4.78, 5) is 14.2. The molecule has 6 nitrogen and oxygen atoms in total. The van der Waals surface area contributed by atoms with Crippen molar-refractivity contribution in [3.8, 4) is 0 Å². The van der Waals surface area contributed by atoms with E-state index in [4.69, 9.17) is 0 Å². The number of aromatic nitrogens is 3. The number of hydrogen-bond acceptors (Lipinski definition) is 4. The summed E-state index contributed by atoms with van der Waals surface area (Å²) in [6.45, 7) is 6.72. The molecular weight excluding hydrogens is 242 g/mol. The van der Waals surface area contributed by atoms with Gasteiger partial charge in [-0.15, -0.1) is 5.10 Å². The number of carbonyl (C=O) groups excluding carboxylic acids is 1. The molecule has 1 N–H and O–H groups in total. The van der Waals surface area contributed by atoms with Crippen LogP contribution in [0.4, 0.5) is 0 Å². The van der Waals surface area contributed by atoms with Crippen LogP contribution in [0.3, 0.4) is 0 Å². The zero-order chi connectivity index (χ0) is 13.5. The molecule has 0 saturated carbocycles. The van der Waals surface area contributed by atoms with Crippen molar-refractivity contribution >= 4 is 5.91 Å². The summed E-state index contributed by atoms with van der Waals surface area (Å²) in [5.41, 5.74) is 0. The van der Waals surface area contributed by atoms with Gasteiger partial charge in [0, 0.05) is 19.3 Å². The van der Waals surface area contributed by atoms with Crippen LogP contribution in [0.5, 0.6) is 0 Å². The van der Waals surface area contributed by atoms with Crippen molar-refractivity contribution in [2.45, 2.75) is 32.7 Å². The average Bonchev–Trinajstić information content (AvgIpc) is 2.90. The van der Waals surface area contributed by atoms with E-state index in [1.165, 1.54) is 32.4 Å². The molecule has 0 bridgehead atoms. The van der Waals surface area contributed by atoms with E-state index < -0.39 is 0 Å². The summed E-state index contributed by atoms with van der Waals surface area (Å²) in [7, 11) is 0. The van der Waals surface area contributed by atoms with Crippen LogP contribution in [0.25, 0.3) is 0 Å². The third-order valence-electron chi connectivity index (χ3n) is 3.51. The molecule has 1 aromatic heterocycles. The van der Waals surface area contributed by atoms with Gasteiger partial charge in [-0.25, -0.2) is 4.68 Å². The van der Waals surface area contributed by atoms with Gasteiger partial charge in [-0.2, -0.15) is 0 Å². The van der Waals surface area contributed by atoms with Gasteiger partial charge in [-0.1, -0.05) is 12.1 Å². The molecule has 6 heteroatoms. The summed E-state index contributed by atoms with van der Waals surface area (Å²) >= 11 is 0. The minimum Gasteiger partial charge on any atom is -0.354 e. The minimum absolute atomic E-state index is 0.0121. The minimum atomic E-state index is 0.0121. The van der Waals surface area contributed by atoms with E-state index in [1.807, 2.05) is 0 Å². The van der Waals surface area contributed by atoms with Crippen LogP contribution in [0, 0.1) is 5.92 Å². The van der Waals surface area contributed by atoms with Crippen LogP contribution in [0.1, 0.15) is 26.2 Å². The van der Waals surface area contributed by atoms with Gasteiger partial charge in [0.1, 0.15) is 6.54 Å². The highest BCUT2D eigenvalue weighted by Crippen LogP contribution is 2.15. The van der Waals surface area contributed by atoms with Crippen LogP contribution in [-0.4, -0.2) is 52.0 Å². The van der Waals surface area contributed by atoms with Gasteiger partial charge in [0.2, 0.25) is 5.91 Å². The Hall–Kier alpha value is -1.43. The highest BCUT2D eigenvalue weighted by atomic mass is 16.2. The first-order chi connectivity index (χ1) is 9.28. The highest BCUT2D eigenvalue weighted by Gasteiger charge is 2.19. The summed E-state index contributed by atoms with van der Waals surface area (Å²) < 4.78 is 1.54. The standard InChI is InChI=1S/C13H23N5O/c1-2-6-17-7-3-4-12(10-17)9-14-13(19)11-18-8-5-15-16-18/h5,8,12H,2-4,6-7,9-11H2,1H3,(H,14,19)/t12-/m0/s1. The van der Waals surface area contributed by atoms with Crippen molar-refractivity contribution < 1.29 is 4.79 Å². The second kappa shape index (κ2) is 7.23. The molecule has 2 rings (SSSR count). The second-order valence-electron chi connectivity index (χ2n) is 5.21. The third-order valence-corrected chi connectivity index (χ3v) is 3.51. The highest BCUT2D eigenvalue weighted by molar-refractivity contribution is 5.75. The van der Waals surface area contributed by atoms with Gasteiger partial charge in [0.05, 0.1) is 6.20 Å². The lowest BCUT2D eigenvalue weighted by molar-refractivity contribution is -0.122. The molecule has 0 radical (unpaired) electrons. The lowest BCUT2D eigenvalue weighted by atomic mass is 9.98. The van der Waals surface area contributed by atoms with E-state index >= 15 is 0 Å². The molecule has 1 atom stereocenters. The average molecular weight is 265 g/mol. The predicted octanol–water partition coefficient (Wildman–Crippen LogP) is 0.516. The Bertz CT molecular complexity index is 376. The molecule has 0 aromatic carbocycles. The summed E-state index contributed by atoms with van der Waals surface area (Å²) in [5, 5.41) is 10.5. The normalized spacial score (nSPS) is 20.4. The molecule has 1 aliphatic rings. The molecule has 0 spiro atoms. The Kier molecular flexibility index (Phi) is 5.32. The fourth-order valence-electron chi connectivity index (χ4n) is 2.62. The molecule has 1 saturated heterocycles. The smallest absolute Gasteiger partial charge is 0.241 e. The number of amides is 1. The van der Waals surface area contributed by atoms with Gasteiger partial charge in [0.15, 0.2) is 0 Å². The largest absolute Gasteiger partial charge is 0.354 e. The first-order valence-electron chi connectivity index (χ1n) is 7.11. The van der Waals surface area contributed by atoms with Crippen LogP contribution in [0.15, 0.2) is 12.4 Å². The van der Waals surface area contributed by atoms with E-state index in [0.29, 0.717) is 5.92 Å². The van der Waals surface area contributed by atoms with Crippen molar-refractivity contribution in [1.82, 2.24) is 25.2 Å². The molecule has 1 aliphatic heterocycles. The molecule has 2 heterocycles. The van der Waals surface area contributed by atoms with Gasteiger partial charge in [-0.3, -0.25) is 4.79 Å². The van der Waals surface area contributed by atoms with Crippen LogP contribution in [0.2, 0.25) is 0 Å².